The molecule has 0 bridgehead atoms. The highest BCUT2D eigenvalue weighted by Crippen LogP contribution is 2.38. The van der Waals surface area contributed by atoms with E-state index in [-0.39, 0.29) is 0 Å². The zero-order chi connectivity index (χ0) is 14.9. The fraction of sp³-hybridized carbons (Fsp3) is 0.588. The summed E-state index contributed by atoms with van der Waals surface area (Å²) in [6.07, 6.45) is 7.47. The van der Waals surface area contributed by atoms with Crippen LogP contribution < -0.4 is 0 Å². The lowest BCUT2D eigenvalue weighted by Gasteiger charge is -2.34. The van der Waals surface area contributed by atoms with E-state index in [2.05, 4.69) is 11.5 Å². The minimum atomic E-state index is 0.370. The summed E-state index contributed by atoms with van der Waals surface area (Å²) in [6.45, 7) is 3.43. The molecule has 1 saturated carbocycles. The van der Waals surface area contributed by atoms with Gasteiger partial charge in [0.1, 0.15) is 5.82 Å². The van der Waals surface area contributed by atoms with Crippen molar-refractivity contribution in [1.82, 2.24) is 9.55 Å². The number of rotatable bonds is 4. The zero-order valence-electron chi connectivity index (χ0n) is 12.5. The lowest BCUT2D eigenvalue weighted by atomic mass is 9.75. The molecule has 0 aliphatic heterocycles. The Morgan fingerprint density at radius 1 is 1.24 bits per heavy atom. The molecule has 2 aromatic rings. The molecule has 114 valence electrons. The van der Waals surface area contributed by atoms with Gasteiger partial charge in [0, 0.05) is 23.9 Å². The normalized spacial score (nSPS) is 18.2. The van der Waals surface area contributed by atoms with Gasteiger partial charge in [0.15, 0.2) is 0 Å². The third-order valence-electron chi connectivity index (χ3n) is 4.71. The molecule has 1 aromatic heterocycles. The number of aromatic nitrogens is 2. The molecule has 0 radical (unpaired) electrons. The van der Waals surface area contributed by atoms with Gasteiger partial charge in [-0.15, -0.1) is 11.6 Å². The van der Waals surface area contributed by atoms with E-state index in [9.17, 15) is 0 Å². The van der Waals surface area contributed by atoms with Crippen LogP contribution in [0.15, 0.2) is 18.2 Å². The first-order valence-electron chi connectivity index (χ1n) is 7.82. The topological polar surface area (TPSA) is 17.8 Å². The highest BCUT2D eigenvalue weighted by Gasteiger charge is 2.28. The molecule has 1 aliphatic rings. The number of benzene rings is 1. The van der Waals surface area contributed by atoms with Crippen LogP contribution in [0.2, 0.25) is 5.02 Å². The third kappa shape index (κ3) is 3.22. The maximum absolute atomic E-state index is 6.19. The first-order chi connectivity index (χ1) is 10.1. The van der Waals surface area contributed by atoms with Crippen LogP contribution in [0, 0.1) is 5.41 Å². The fourth-order valence-electron chi connectivity index (χ4n) is 3.54. The van der Waals surface area contributed by atoms with Crippen LogP contribution in [0.4, 0.5) is 0 Å². The molecule has 1 aliphatic carbocycles. The number of nitrogens with zero attached hydrogens (tertiary/aromatic N) is 2. The predicted molar refractivity (Wildman–Crippen MR) is 90.4 cm³/mol. The molecule has 0 unspecified atom stereocenters. The van der Waals surface area contributed by atoms with E-state index in [1.54, 1.807) is 0 Å². The molecule has 1 aromatic carbocycles. The van der Waals surface area contributed by atoms with Crippen molar-refractivity contribution < 1.29 is 0 Å². The summed E-state index contributed by atoms with van der Waals surface area (Å²) in [5, 5.41) is 0.773. The second-order valence-electron chi connectivity index (χ2n) is 6.56. The molecule has 0 saturated heterocycles. The Balaban J connectivity index is 2.01. The van der Waals surface area contributed by atoms with E-state index in [1.165, 1.54) is 32.1 Å². The SMILES string of the molecule is CC1(Cn2c(CCCl)nc3ccc(Cl)cc32)CCCCC1. The zero-order valence-corrected chi connectivity index (χ0v) is 14.1. The van der Waals surface area contributed by atoms with Crippen molar-refractivity contribution in [3.63, 3.8) is 0 Å². The van der Waals surface area contributed by atoms with Crippen molar-refractivity contribution in [2.45, 2.75) is 52.0 Å². The maximum Gasteiger partial charge on any atom is 0.111 e. The van der Waals surface area contributed by atoms with Gasteiger partial charge in [0.2, 0.25) is 0 Å². The number of imidazole rings is 1. The summed E-state index contributed by atoms with van der Waals surface area (Å²) < 4.78 is 2.36. The lowest BCUT2D eigenvalue weighted by molar-refractivity contribution is 0.183. The van der Waals surface area contributed by atoms with Gasteiger partial charge in [-0.2, -0.15) is 0 Å². The molecule has 4 heteroatoms. The van der Waals surface area contributed by atoms with E-state index in [1.807, 2.05) is 18.2 Å². The van der Waals surface area contributed by atoms with Crippen molar-refractivity contribution in [1.29, 1.82) is 0 Å². The minimum absolute atomic E-state index is 0.370. The van der Waals surface area contributed by atoms with Crippen molar-refractivity contribution in [3.8, 4) is 0 Å². The van der Waals surface area contributed by atoms with Crippen LogP contribution in [-0.2, 0) is 13.0 Å². The average molecular weight is 325 g/mol. The van der Waals surface area contributed by atoms with Gasteiger partial charge in [-0.1, -0.05) is 37.8 Å². The average Bonchev–Trinajstić information content (AvgIpc) is 2.77. The molecular formula is C17H22Cl2N2. The number of halogens is 2. The van der Waals surface area contributed by atoms with E-state index >= 15 is 0 Å². The van der Waals surface area contributed by atoms with Gasteiger partial charge in [-0.05, 0) is 36.5 Å². The minimum Gasteiger partial charge on any atom is -0.327 e. The molecule has 21 heavy (non-hydrogen) atoms. The first kappa shape index (κ1) is 15.2. The van der Waals surface area contributed by atoms with Crippen LogP contribution in [0.3, 0.4) is 0 Å². The van der Waals surface area contributed by atoms with Gasteiger partial charge in [0.05, 0.1) is 11.0 Å². The Morgan fingerprint density at radius 3 is 2.71 bits per heavy atom. The molecule has 3 rings (SSSR count). The third-order valence-corrected chi connectivity index (χ3v) is 5.13. The van der Waals surface area contributed by atoms with Gasteiger partial charge >= 0.3 is 0 Å². The van der Waals surface area contributed by atoms with E-state index in [4.69, 9.17) is 28.2 Å². The molecule has 1 fully saturated rings. The number of aryl methyl sites for hydroxylation is 1. The monoisotopic (exact) mass is 324 g/mol. The van der Waals surface area contributed by atoms with Crippen molar-refractivity contribution in [2.24, 2.45) is 5.41 Å². The highest BCUT2D eigenvalue weighted by atomic mass is 35.5. The van der Waals surface area contributed by atoms with E-state index in [0.717, 1.165) is 34.8 Å². The van der Waals surface area contributed by atoms with Crippen molar-refractivity contribution in [3.05, 3.63) is 29.0 Å². The Kier molecular flexibility index (Phi) is 4.46. The van der Waals surface area contributed by atoms with Crippen LogP contribution >= 0.6 is 23.2 Å². The Bertz CT molecular complexity index is 627. The Labute approximate surface area is 136 Å². The number of alkyl halides is 1. The predicted octanol–water partition coefficient (Wildman–Crippen LogP) is 5.44. The van der Waals surface area contributed by atoms with Gasteiger partial charge in [-0.3, -0.25) is 0 Å². The van der Waals surface area contributed by atoms with Crippen LogP contribution in [0.5, 0.6) is 0 Å². The first-order valence-corrected chi connectivity index (χ1v) is 8.73. The van der Waals surface area contributed by atoms with Gasteiger partial charge < -0.3 is 4.57 Å². The summed E-state index contributed by atoms with van der Waals surface area (Å²) in [5.74, 6) is 1.70. The van der Waals surface area contributed by atoms with Crippen LogP contribution in [0.1, 0.15) is 44.9 Å². The standard InChI is InChI=1S/C17H22Cl2N2/c1-17(8-3-2-4-9-17)12-21-15-11-13(19)5-6-14(15)20-16(21)7-10-18/h5-6,11H,2-4,7-10,12H2,1H3. The van der Waals surface area contributed by atoms with Crippen LogP contribution in [-0.4, -0.2) is 15.4 Å². The summed E-state index contributed by atoms with van der Waals surface area (Å²) in [7, 11) is 0. The second kappa shape index (κ2) is 6.18. The van der Waals surface area contributed by atoms with Gasteiger partial charge in [0.25, 0.3) is 0 Å². The molecule has 1 heterocycles. The molecule has 0 spiro atoms. The Hall–Kier alpha value is -0.730. The quantitative estimate of drug-likeness (QED) is 0.684. The molecule has 0 amide bonds. The van der Waals surface area contributed by atoms with E-state index in [0.29, 0.717) is 11.3 Å². The molecule has 0 atom stereocenters. The Morgan fingerprint density at radius 2 is 2.00 bits per heavy atom. The fourth-order valence-corrected chi connectivity index (χ4v) is 3.88. The highest BCUT2D eigenvalue weighted by molar-refractivity contribution is 6.31. The number of hydrogen-bond donors (Lipinski definition) is 0. The summed E-state index contributed by atoms with van der Waals surface area (Å²) in [4.78, 5) is 4.76. The summed E-state index contributed by atoms with van der Waals surface area (Å²) >= 11 is 12.2. The number of hydrogen-bond acceptors (Lipinski definition) is 1. The van der Waals surface area contributed by atoms with E-state index < -0.39 is 0 Å². The molecular weight excluding hydrogens is 303 g/mol. The lowest BCUT2D eigenvalue weighted by Crippen LogP contribution is -2.27. The summed E-state index contributed by atoms with van der Waals surface area (Å²) in [6, 6.07) is 5.96. The van der Waals surface area contributed by atoms with Crippen LogP contribution in [0.25, 0.3) is 11.0 Å². The van der Waals surface area contributed by atoms with Crippen molar-refractivity contribution in [2.75, 3.05) is 5.88 Å². The van der Waals surface area contributed by atoms with Gasteiger partial charge in [-0.25, -0.2) is 4.98 Å². The maximum atomic E-state index is 6.19. The second-order valence-corrected chi connectivity index (χ2v) is 7.37. The summed E-state index contributed by atoms with van der Waals surface area (Å²) in [5.41, 5.74) is 2.54. The number of fused-ring (bicyclic) bond motifs is 1. The largest absolute Gasteiger partial charge is 0.327 e. The molecule has 0 N–H and O–H groups in total. The van der Waals surface area contributed by atoms with Crippen molar-refractivity contribution >= 4 is 34.2 Å². The molecule has 2 nitrogen and oxygen atoms in total. The smallest absolute Gasteiger partial charge is 0.111 e.